The number of aryl methyl sites for hydroxylation is 1. The third-order valence-electron chi connectivity index (χ3n) is 5.92. The number of nitrogens with zero attached hydrogens (tertiary/aromatic N) is 4. The number of carbonyl (C=O) groups excluding carboxylic acids is 1. The molecule has 1 unspecified atom stereocenters. The number of nitrogens with two attached hydrogens (primary N) is 1. The van der Waals surface area contributed by atoms with Gasteiger partial charge in [0.15, 0.2) is 0 Å². The lowest BCUT2D eigenvalue weighted by Gasteiger charge is -2.37. The number of anilines is 1. The molecule has 2 rings (SSSR count). The molecule has 0 spiro atoms. The average Bonchev–Trinajstić information content (AvgIpc) is 2.78. The molecular weight excluding hydrogens is 388 g/mol. The Bertz CT molecular complexity index is 752. The Labute approximate surface area is 187 Å². The van der Waals surface area contributed by atoms with Gasteiger partial charge < -0.3 is 16.0 Å². The van der Waals surface area contributed by atoms with E-state index in [9.17, 15) is 4.79 Å². The number of rotatable bonds is 13. The molecule has 0 bridgehead atoms. The molecule has 0 aliphatic carbocycles. The van der Waals surface area contributed by atoms with Crippen LogP contribution in [0.3, 0.4) is 0 Å². The van der Waals surface area contributed by atoms with E-state index in [-0.39, 0.29) is 0 Å². The fourth-order valence-electron chi connectivity index (χ4n) is 3.93. The standard InChI is InChI=1S/C24H38N6O/c1-20-16-24(5-4-22(20)19-31)30-14-12-29(13-15-30)11-8-21(6-9-26-2)7-10-28-18-23(25)17-27-3/h4-5,16-19,21,26H,3,6-15,25H2,1-2H3/b23-17+,28-18?. The topological polar surface area (TPSA) is 86.3 Å². The summed E-state index contributed by atoms with van der Waals surface area (Å²) in [4.78, 5) is 24.1. The molecule has 0 saturated carbocycles. The summed E-state index contributed by atoms with van der Waals surface area (Å²) < 4.78 is 0. The number of benzene rings is 1. The molecule has 31 heavy (non-hydrogen) atoms. The van der Waals surface area contributed by atoms with Gasteiger partial charge in [0.25, 0.3) is 0 Å². The van der Waals surface area contributed by atoms with Crippen LogP contribution in [-0.2, 0) is 0 Å². The molecule has 1 aliphatic heterocycles. The highest BCUT2D eigenvalue weighted by molar-refractivity contribution is 5.78. The van der Waals surface area contributed by atoms with E-state index in [0.29, 0.717) is 11.6 Å². The Morgan fingerprint density at radius 1 is 1.26 bits per heavy atom. The molecule has 3 N–H and O–H groups in total. The largest absolute Gasteiger partial charge is 0.396 e. The number of allylic oxidation sites excluding steroid dienone is 1. The van der Waals surface area contributed by atoms with Crippen molar-refractivity contribution in [2.45, 2.75) is 26.2 Å². The van der Waals surface area contributed by atoms with E-state index in [1.54, 1.807) is 6.21 Å². The van der Waals surface area contributed by atoms with Gasteiger partial charge in [-0.2, -0.15) is 0 Å². The molecule has 1 aromatic rings. The molecule has 1 fully saturated rings. The van der Waals surface area contributed by atoms with E-state index < -0.39 is 0 Å². The van der Waals surface area contributed by atoms with Crippen LogP contribution in [0.25, 0.3) is 0 Å². The van der Waals surface area contributed by atoms with Gasteiger partial charge in [-0.15, -0.1) is 0 Å². The second-order valence-electron chi connectivity index (χ2n) is 8.17. The van der Waals surface area contributed by atoms with E-state index in [1.807, 2.05) is 20.0 Å². The third kappa shape index (κ3) is 8.63. The maximum atomic E-state index is 11.0. The van der Waals surface area contributed by atoms with Crippen LogP contribution >= 0.6 is 0 Å². The molecule has 1 saturated heterocycles. The Hall–Kier alpha value is -2.51. The van der Waals surface area contributed by atoms with E-state index in [1.165, 1.54) is 18.3 Å². The number of hydrogen-bond acceptors (Lipinski definition) is 7. The van der Waals surface area contributed by atoms with Gasteiger partial charge in [-0.1, -0.05) is 0 Å². The SMILES string of the molecule is C=N/C=C(/N)C=NCCC(CCNC)CCN1CCN(c2ccc(C=O)c(C)c2)CC1. The molecule has 1 heterocycles. The van der Waals surface area contributed by atoms with E-state index in [4.69, 9.17) is 5.73 Å². The highest BCUT2D eigenvalue weighted by Crippen LogP contribution is 2.21. The molecule has 170 valence electrons. The van der Waals surface area contributed by atoms with Crippen molar-refractivity contribution < 1.29 is 4.79 Å². The fourth-order valence-corrected chi connectivity index (χ4v) is 3.93. The van der Waals surface area contributed by atoms with Crippen molar-refractivity contribution in [1.82, 2.24) is 10.2 Å². The molecule has 7 heteroatoms. The molecule has 7 nitrogen and oxygen atoms in total. The van der Waals surface area contributed by atoms with E-state index in [0.717, 1.165) is 76.1 Å². The van der Waals surface area contributed by atoms with Gasteiger partial charge in [-0.05, 0) is 82.7 Å². The van der Waals surface area contributed by atoms with Crippen LogP contribution in [0.4, 0.5) is 5.69 Å². The minimum absolute atomic E-state index is 0.538. The van der Waals surface area contributed by atoms with Gasteiger partial charge in [-0.25, -0.2) is 0 Å². The summed E-state index contributed by atoms with van der Waals surface area (Å²) in [7, 11) is 2.01. The Morgan fingerprint density at radius 2 is 2.03 bits per heavy atom. The first kappa shape index (κ1) is 24.8. The molecule has 0 radical (unpaired) electrons. The first-order valence-electron chi connectivity index (χ1n) is 11.2. The number of piperazine rings is 1. The summed E-state index contributed by atoms with van der Waals surface area (Å²) in [5.41, 5.74) is 9.33. The van der Waals surface area contributed by atoms with Crippen molar-refractivity contribution in [3.05, 3.63) is 41.2 Å². The van der Waals surface area contributed by atoms with Crippen LogP contribution < -0.4 is 16.0 Å². The van der Waals surface area contributed by atoms with Crippen molar-refractivity contribution in [3.8, 4) is 0 Å². The van der Waals surface area contributed by atoms with E-state index in [2.05, 4.69) is 44.0 Å². The molecule has 0 aromatic heterocycles. The van der Waals surface area contributed by atoms with Crippen LogP contribution in [0.5, 0.6) is 0 Å². The number of nitrogens with one attached hydrogen (secondary N) is 1. The summed E-state index contributed by atoms with van der Waals surface area (Å²) in [5.74, 6) is 0.642. The van der Waals surface area contributed by atoms with Gasteiger partial charge >= 0.3 is 0 Å². The average molecular weight is 427 g/mol. The van der Waals surface area contributed by atoms with Crippen LogP contribution in [0.2, 0.25) is 0 Å². The second kappa shape index (κ2) is 13.7. The first-order chi connectivity index (χ1) is 15.1. The monoisotopic (exact) mass is 426 g/mol. The Balaban J connectivity index is 1.78. The second-order valence-corrected chi connectivity index (χ2v) is 8.17. The molecule has 1 atom stereocenters. The summed E-state index contributed by atoms with van der Waals surface area (Å²) >= 11 is 0. The van der Waals surface area contributed by atoms with Gasteiger partial charge in [0.2, 0.25) is 0 Å². The van der Waals surface area contributed by atoms with Crippen molar-refractivity contribution in [2.24, 2.45) is 21.6 Å². The lowest BCUT2D eigenvalue weighted by atomic mass is 9.97. The smallest absolute Gasteiger partial charge is 0.150 e. The Morgan fingerprint density at radius 3 is 2.68 bits per heavy atom. The molecule has 1 aliphatic rings. The predicted molar refractivity (Wildman–Crippen MR) is 132 cm³/mol. The summed E-state index contributed by atoms with van der Waals surface area (Å²) in [6, 6.07) is 6.12. The lowest BCUT2D eigenvalue weighted by molar-refractivity contribution is 0.112. The van der Waals surface area contributed by atoms with Gasteiger partial charge in [0, 0.05) is 50.2 Å². The predicted octanol–water partition coefficient (Wildman–Crippen LogP) is 2.51. The van der Waals surface area contributed by atoms with Crippen LogP contribution in [0, 0.1) is 12.8 Å². The maximum absolute atomic E-state index is 11.0. The summed E-state index contributed by atoms with van der Waals surface area (Å²) in [5, 5.41) is 3.27. The minimum atomic E-state index is 0.538. The van der Waals surface area contributed by atoms with Gasteiger partial charge in [0.1, 0.15) is 6.29 Å². The third-order valence-corrected chi connectivity index (χ3v) is 5.92. The Kier molecular flexibility index (Phi) is 11.0. The number of carbonyl (C=O) groups is 1. The fraction of sp³-hybridized carbons (Fsp3) is 0.542. The molecule has 0 amide bonds. The van der Waals surface area contributed by atoms with Crippen LogP contribution in [-0.4, -0.2) is 77.0 Å². The van der Waals surface area contributed by atoms with Crippen LogP contribution in [0.15, 0.2) is 40.1 Å². The highest BCUT2D eigenvalue weighted by Gasteiger charge is 2.19. The zero-order chi connectivity index (χ0) is 22.5. The maximum Gasteiger partial charge on any atom is 0.150 e. The van der Waals surface area contributed by atoms with E-state index >= 15 is 0 Å². The summed E-state index contributed by atoms with van der Waals surface area (Å²) in [6.07, 6.45) is 7.52. The normalized spacial score (nSPS) is 16.6. The zero-order valence-electron chi connectivity index (χ0n) is 19.1. The first-order valence-corrected chi connectivity index (χ1v) is 11.2. The minimum Gasteiger partial charge on any atom is -0.396 e. The van der Waals surface area contributed by atoms with Crippen molar-refractivity contribution in [3.63, 3.8) is 0 Å². The number of hydrogen-bond donors (Lipinski definition) is 2. The quantitative estimate of drug-likeness (QED) is 0.374. The zero-order valence-corrected chi connectivity index (χ0v) is 19.1. The lowest BCUT2D eigenvalue weighted by Crippen LogP contribution is -2.47. The molecule has 1 aromatic carbocycles. The molecular formula is C24H38N6O. The van der Waals surface area contributed by atoms with Crippen molar-refractivity contribution >= 4 is 24.9 Å². The van der Waals surface area contributed by atoms with Gasteiger partial charge in [0.05, 0.1) is 11.9 Å². The van der Waals surface area contributed by atoms with Crippen LogP contribution in [0.1, 0.15) is 35.2 Å². The highest BCUT2D eigenvalue weighted by atomic mass is 16.1. The van der Waals surface area contributed by atoms with Crippen molar-refractivity contribution in [1.29, 1.82) is 0 Å². The summed E-state index contributed by atoms with van der Waals surface area (Å²) in [6.45, 7) is 12.5. The van der Waals surface area contributed by atoms with Crippen molar-refractivity contribution in [2.75, 3.05) is 57.8 Å². The number of aldehydes is 1. The number of aliphatic imine (C=N–C) groups is 2. The van der Waals surface area contributed by atoms with Gasteiger partial charge in [-0.3, -0.25) is 19.7 Å².